The van der Waals surface area contributed by atoms with E-state index < -0.39 is 0 Å². The minimum absolute atomic E-state index is 0.0718. The van der Waals surface area contributed by atoms with Gasteiger partial charge in [0, 0.05) is 47.3 Å². The van der Waals surface area contributed by atoms with Crippen LogP contribution in [0.1, 0.15) is 15.9 Å². The first kappa shape index (κ1) is 23.0. The summed E-state index contributed by atoms with van der Waals surface area (Å²) in [7, 11) is 0. The molecule has 7 heteroatoms. The first-order valence-electron chi connectivity index (χ1n) is 12.0. The van der Waals surface area contributed by atoms with Crippen LogP contribution in [0.4, 0.5) is 0 Å². The van der Waals surface area contributed by atoms with Crippen molar-refractivity contribution in [2.75, 3.05) is 0 Å². The molecule has 0 unspecified atom stereocenters. The third kappa shape index (κ3) is 5.08. The SMILES string of the molecule is O=C(c1ccc(Oc2ccc(-n3ccnc3)cc2)cc1)c1ccc(Oc2ccc(-n3ccnc3)cc2)cc1. The van der Waals surface area contributed by atoms with Crippen LogP contribution in [0, 0.1) is 0 Å². The standard InChI is InChI=1S/C31H22N4O3/c36-31(23-1-9-27(10-2-23)37-29-13-5-25(6-14-29)34-19-17-32-21-34)24-3-11-28(12-4-24)38-30-15-7-26(8-16-30)35-20-18-33-22-35/h1-22H. The monoisotopic (exact) mass is 498 g/mol. The van der Waals surface area contributed by atoms with Gasteiger partial charge in [-0.1, -0.05) is 0 Å². The van der Waals surface area contributed by atoms with Gasteiger partial charge in [0.15, 0.2) is 5.78 Å². The lowest BCUT2D eigenvalue weighted by molar-refractivity contribution is 0.103. The summed E-state index contributed by atoms with van der Waals surface area (Å²) >= 11 is 0. The number of aromatic nitrogens is 4. The molecule has 6 aromatic rings. The third-order valence-corrected chi connectivity index (χ3v) is 5.98. The summed E-state index contributed by atoms with van der Waals surface area (Å²) in [6, 6.07) is 29.7. The van der Waals surface area contributed by atoms with Crippen molar-refractivity contribution in [1.29, 1.82) is 0 Å². The van der Waals surface area contributed by atoms with Crippen molar-refractivity contribution in [2.24, 2.45) is 0 Å². The lowest BCUT2D eigenvalue weighted by atomic mass is 10.0. The fraction of sp³-hybridized carbons (Fsp3) is 0. The van der Waals surface area contributed by atoms with E-state index in [9.17, 15) is 4.79 Å². The number of rotatable bonds is 8. The van der Waals surface area contributed by atoms with E-state index in [1.165, 1.54) is 0 Å². The van der Waals surface area contributed by atoms with Crippen LogP contribution in [-0.2, 0) is 0 Å². The summed E-state index contributed by atoms with van der Waals surface area (Å²) in [5.74, 6) is 2.65. The van der Waals surface area contributed by atoms with E-state index in [0.29, 0.717) is 34.1 Å². The molecule has 0 spiro atoms. The van der Waals surface area contributed by atoms with Crippen LogP contribution in [0.15, 0.2) is 135 Å². The molecule has 0 fully saturated rings. The quantitative estimate of drug-likeness (QED) is 0.214. The highest BCUT2D eigenvalue weighted by Crippen LogP contribution is 2.26. The fourth-order valence-corrected chi connectivity index (χ4v) is 3.98. The lowest BCUT2D eigenvalue weighted by Gasteiger charge is -2.09. The Morgan fingerprint density at radius 1 is 0.500 bits per heavy atom. The topological polar surface area (TPSA) is 71.2 Å². The summed E-state index contributed by atoms with van der Waals surface area (Å²) in [5.41, 5.74) is 3.15. The molecule has 0 saturated heterocycles. The second-order valence-electron chi connectivity index (χ2n) is 8.51. The van der Waals surface area contributed by atoms with Crippen molar-refractivity contribution in [2.45, 2.75) is 0 Å². The number of ketones is 1. The van der Waals surface area contributed by atoms with Gasteiger partial charge in [0.2, 0.25) is 0 Å². The second kappa shape index (κ2) is 10.3. The molecule has 0 aliphatic heterocycles. The van der Waals surface area contributed by atoms with Gasteiger partial charge in [-0.25, -0.2) is 9.97 Å². The zero-order valence-corrected chi connectivity index (χ0v) is 20.2. The van der Waals surface area contributed by atoms with E-state index in [1.807, 2.05) is 70.1 Å². The molecule has 184 valence electrons. The Bertz CT molecular complexity index is 1500. The fourth-order valence-electron chi connectivity index (χ4n) is 3.98. The Hall–Kier alpha value is -5.43. The Kier molecular flexibility index (Phi) is 6.22. The van der Waals surface area contributed by atoms with Crippen LogP contribution in [0.25, 0.3) is 11.4 Å². The highest BCUT2D eigenvalue weighted by Gasteiger charge is 2.10. The molecule has 0 aliphatic rings. The largest absolute Gasteiger partial charge is 0.457 e. The summed E-state index contributed by atoms with van der Waals surface area (Å²) in [4.78, 5) is 21.1. The molecule has 7 nitrogen and oxygen atoms in total. The number of hydrogen-bond acceptors (Lipinski definition) is 5. The molecule has 0 saturated carbocycles. The minimum atomic E-state index is -0.0718. The zero-order valence-electron chi connectivity index (χ0n) is 20.2. The van der Waals surface area contributed by atoms with E-state index in [2.05, 4.69) is 9.97 Å². The van der Waals surface area contributed by atoms with Gasteiger partial charge in [0.25, 0.3) is 0 Å². The van der Waals surface area contributed by atoms with Gasteiger partial charge in [-0.2, -0.15) is 0 Å². The molecule has 0 atom stereocenters. The van der Waals surface area contributed by atoms with E-state index in [0.717, 1.165) is 11.4 Å². The van der Waals surface area contributed by atoms with Gasteiger partial charge in [0.05, 0.1) is 12.7 Å². The first-order valence-corrected chi connectivity index (χ1v) is 12.0. The van der Waals surface area contributed by atoms with Gasteiger partial charge in [-0.3, -0.25) is 4.79 Å². The lowest BCUT2D eigenvalue weighted by Crippen LogP contribution is -2.01. The minimum Gasteiger partial charge on any atom is -0.457 e. The second-order valence-corrected chi connectivity index (χ2v) is 8.51. The van der Waals surface area contributed by atoms with E-state index in [1.54, 1.807) is 73.6 Å². The third-order valence-electron chi connectivity index (χ3n) is 5.98. The maximum Gasteiger partial charge on any atom is 0.193 e. The van der Waals surface area contributed by atoms with E-state index in [4.69, 9.17) is 9.47 Å². The van der Waals surface area contributed by atoms with Crippen LogP contribution >= 0.6 is 0 Å². The van der Waals surface area contributed by atoms with Crippen LogP contribution in [0.5, 0.6) is 23.0 Å². The predicted molar refractivity (Wildman–Crippen MR) is 144 cm³/mol. The Balaban J connectivity index is 1.07. The van der Waals surface area contributed by atoms with Crippen molar-refractivity contribution in [3.05, 3.63) is 146 Å². The van der Waals surface area contributed by atoms with Crippen molar-refractivity contribution in [1.82, 2.24) is 19.1 Å². The van der Waals surface area contributed by atoms with Gasteiger partial charge in [-0.15, -0.1) is 0 Å². The molecule has 2 heterocycles. The van der Waals surface area contributed by atoms with Crippen LogP contribution in [0.3, 0.4) is 0 Å². The maximum absolute atomic E-state index is 13.0. The van der Waals surface area contributed by atoms with E-state index in [-0.39, 0.29) is 5.78 Å². The molecule has 38 heavy (non-hydrogen) atoms. The van der Waals surface area contributed by atoms with Crippen LogP contribution < -0.4 is 9.47 Å². The van der Waals surface area contributed by atoms with Crippen LogP contribution in [-0.4, -0.2) is 24.9 Å². The van der Waals surface area contributed by atoms with Gasteiger partial charge in [0.1, 0.15) is 23.0 Å². The molecular weight excluding hydrogens is 476 g/mol. The molecule has 6 rings (SSSR count). The van der Waals surface area contributed by atoms with E-state index >= 15 is 0 Å². The molecule has 4 aromatic carbocycles. The highest BCUT2D eigenvalue weighted by molar-refractivity contribution is 6.09. The number of carbonyl (C=O) groups is 1. The number of nitrogens with zero attached hydrogens (tertiary/aromatic N) is 4. The highest BCUT2D eigenvalue weighted by atomic mass is 16.5. The smallest absolute Gasteiger partial charge is 0.193 e. The number of hydrogen-bond donors (Lipinski definition) is 0. The van der Waals surface area contributed by atoms with Gasteiger partial charge in [-0.05, 0) is 97.1 Å². The molecule has 0 radical (unpaired) electrons. The maximum atomic E-state index is 13.0. The Morgan fingerprint density at radius 3 is 1.16 bits per heavy atom. The van der Waals surface area contributed by atoms with Gasteiger partial charge >= 0.3 is 0 Å². The Morgan fingerprint density at radius 2 is 0.842 bits per heavy atom. The predicted octanol–water partition coefficient (Wildman–Crippen LogP) is 6.87. The van der Waals surface area contributed by atoms with Crippen LogP contribution in [0.2, 0.25) is 0 Å². The molecule has 0 bridgehead atoms. The average Bonchev–Trinajstić information content (AvgIpc) is 3.70. The summed E-state index contributed by atoms with van der Waals surface area (Å²) in [5, 5.41) is 0. The average molecular weight is 499 g/mol. The number of carbonyl (C=O) groups excluding carboxylic acids is 1. The summed E-state index contributed by atoms with van der Waals surface area (Å²) < 4.78 is 15.7. The van der Waals surface area contributed by atoms with Crippen molar-refractivity contribution in [3.63, 3.8) is 0 Å². The molecular formula is C31H22N4O3. The first-order chi connectivity index (χ1) is 18.7. The normalized spacial score (nSPS) is 10.7. The number of imidazole rings is 2. The molecule has 0 aliphatic carbocycles. The van der Waals surface area contributed by atoms with Crippen molar-refractivity contribution >= 4 is 5.78 Å². The summed E-state index contributed by atoms with van der Waals surface area (Å²) in [6.07, 6.45) is 10.7. The number of benzene rings is 4. The molecule has 2 aromatic heterocycles. The van der Waals surface area contributed by atoms with Gasteiger partial charge < -0.3 is 18.6 Å². The molecule has 0 N–H and O–H groups in total. The Labute approximate surface area is 219 Å². The molecule has 0 amide bonds. The number of ether oxygens (including phenoxy) is 2. The summed E-state index contributed by atoms with van der Waals surface area (Å²) in [6.45, 7) is 0. The van der Waals surface area contributed by atoms with Crippen molar-refractivity contribution in [3.8, 4) is 34.4 Å². The van der Waals surface area contributed by atoms with Crippen molar-refractivity contribution < 1.29 is 14.3 Å². The zero-order chi connectivity index (χ0) is 25.7.